The highest BCUT2D eigenvalue weighted by Crippen LogP contribution is 2.22. The fraction of sp³-hybridized carbons (Fsp3) is 0.263. The summed E-state index contributed by atoms with van der Waals surface area (Å²) in [4.78, 5) is 20.5. The number of aromatic nitrogens is 1. The number of aryl methyl sites for hydroxylation is 1. The first-order valence-electron chi connectivity index (χ1n) is 8.23. The van der Waals surface area contributed by atoms with E-state index >= 15 is 0 Å². The molecule has 1 aromatic heterocycles. The Balaban J connectivity index is 1.85. The van der Waals surface area contributed by atoms with Gasteiger partial charge in [-0.05, 0) is 31.2 Å². The monoisotopic (exact) mass is 337 g/mol. The van der Waals surface area contributed by atoms with Crippen LogP contribution in [0.5, 0.6) is 0 Å². The second-order valence-corrected chi connectivity index (χ2v) is 7.29. The van der Waals surface area contributed by atoms with E-state index in [0.717, 1.165) is 46.7 Å². The summed E-state index contributed by atoms with van der Waals surface area (Å²) in [6.45, 7) is 3.69. The molecular formula is C19H19N3OS. The van der Waals surface area contributed by atoms with Gasteiger partial charge >= 0.3 is 6.03 Å². The van der Waals surface area contributed by atoms with Crippen LogP contribution in [0.3, 0.4) is 0 Å². The summed E-state index contributed by atoms with van der Waals surface area (Å²) >= 11 is 1.55. The largest absolute Gasteiger partial charge is 0.346 e. The molecule has 2 heterocycles. The van der Waals surface area contributed by atoms with Crippen LogP contribution in [0.1, 0.15) is 17.7 Å². The Hall–Kier alpha value is -2.40. The molecule has 1 aliphatic heterocycles. The van der Waals surface area contributed by atoms with Gasteiger partial charge in [-0.25, -0.2) is 4.79 Å². The maximum absolute atomic E-state index is 12.4. The third-order valence-electron chi connectivity index (χ3n) is 4.36. The van der Waals surface area contributed by atoms with E-state index in [4.69, 9.17) is 0 Å². The molecule has 0 unspecified atom stereocenters. The number of thiazole rings is 1. The quantitative estimate of drug-likeness (QED) is 0.658. The van der Waals surface area contributed by atoms with E-state index in [1.807, 2.05) is 34.6 Å². The summed E-state index contributed by atoms with van der Waals surface area (Å²) in [5.41, 5.74) is 1.06. The molecule has 2 amide bonds. The van der Waals surface area contributed by atoms with Crippen LogP contribution < -0.4 is 4.80 Å². The Bertz CT molecular complexity index is 959. The second kappa shape index (κ2) is 6.24. The van der Waals surface area contributed by atoms with Gasteiger partial charge in [-0.3, -0.25) is 4.57 Å². The molecule has 4 rings (SSSR count). The number of hydrogen-bond acceptors (Lipinski definition) is 2. The zero-order valence-corrected chi connectivity index (χ0v) is 14.4. The van der Waals surface area contributed by atoms with E-state index in [1.54, 1.807) is 11.3 Å². The second-order valence-electron chi connectivity index (χ2n) is 6.08. The third-order valence-corrected chi connectivity index (χ3v) is 5.26. The van der Waals surface area contributed by atoms with Crippen molar-refractivity contribution in [2.24, 2.45) is 4.99 Å². The van der Waals surface area contributed by atoms with Crippen LogP contribution in [0, 0.1) is 6.92 Å². The van der Waals surface area contributed by atoms with Crippen molar-refractivity contribution in [1.29, 1.82) is 0 Å². The number of likely N-dealkylation sites (tertiary alicyclic amines) is 1. The summed E-state index contributed by atoms with van der Waals surface area (Å²) in [5, 5.41) is 2.34. The number of carbonyl (C=O) groups is 1. The number of benzene rings is 2. The minimum Gasteiger partial charge on any atom is -0.323 e. The standard InChI is InChI=1S/C19H19N3OS/c1-14-13-22(17-10-6-8-15-7-2-3-9-16(15)17)19(24-14)20-18(23)21-11-4-5-12-21/h2-3,6-10,13H,4-5,11-12H2,1H3. The summed E-state index contributed by atoms with van der Waals surface area (Å²) < 4.78 is 2.04. The number of carbonyl (C=O) groups excluding carboxylic acids is 1. The van der Waals surface area contributed by atoms with Crippen molar-refractivity contribution in [1.82, 2.24) is 9.47 Å². The molecule has 0 atom stereocenters. The van der Waals surface area contributed by atoms with E-state index in [2.05, 4.69) is 35.5 Å². The van der Waals surface area contributed by atoms with Crippen LogP contribution in [-0.2, 0) is 0 Å². The SMILES string of the molecule is Cc1cn(-c2cccc3ccccc23)c(=NC(=O)N2CCCC2)s1. The van der Waals surface area contributed by atoms with E-state index in [0.29, 0.717) is 0 Å². The van der Waals surface area contributed by atoms with E-state index < -0.39 is 0 Å². The molecule has 1 saturated heterocycles. The molecule has 0 aliphatic carbocycles. The zero-order chi connectivity index (χ0) is 16.5. The third kappa shape index (κ3) is 2.76. The van der Waals surface area contributed by atoms with Crippen LogP contribution in [0.15, 0.2) is 53.7 Å². The normalized spacial score (nSPS) is 15.4. The van der Waals surface area contributed by atoms with Gasteiger partial charge in [0, 0.05) is 29.5 Å². The number of nitrogens with zero attached hydrogens (tertiary/aromatic N) is 3. The van der Waals surface area contributed by atoms with Gasteiger partial charge in [-0.2, -0.15) is 4.99 Å². The van der Waals surface area contributed by atoms with Gasteiger partial charge in [-0.1, -0.05) is 36.4 Å². The molecular weight excluding hydrogens is 318 g/mol. The Morgan fingerprint density at radius 3 is 2.67 bits per heavy atom. The van der Waals surface area contributed by atoms with Crippen molar-refractivity contribution in [3.05, 3.63) is 58.3 Å². The number of hydrogen-bond donors (Lipinski definition) is 0. The highest BCUT2D eigenvalue weighted by Gasteiger charge is 2.17. The first-order chi connectivity index (χ1) is 11.7. The van der Waals surface area contributed by atoms with Crippen LogP contribution >= 0.6 is 11.3 Å². The molecule has 0 N–H and O–H groups in total. The van der Waals surface area contributed by atoms with Crippen LogP contribution in [-0.4, -0.2) is 28.6 Å². The summed E-state index contributed by atoms with van der Waals surface area (Å²) in [6, 6.07) is 14.4. The molecule has 122 valence electrons. The van der Waals surface area contributed by atoms with Gasteiger partial charge in [0.05, 0.1) is 5.69 Å². The van der Waals surface area contributed by atoms with Gasteiger partial charge in [0.2, 0.25) is 0 Å². The van der Waals surface area contributed by atoms with Gasteiger partial charge in [-0.15, -0.1) is 11.3 Å². The number of fused-ring (bicyclic) bond motifs is 1. The van der Waals surface area contributed by atoms with Gasteiger partial charge in [0.15, 0.2) is 4.80 Å². The molecule has 0 spiro atoms. The fourth-order valence-electron chi connectivity index (χ4n) is 3.19. The fourth-order valence-corrected chi connectivity index (χ4v) is 4.00. The van der Waals surface area contributed by atoms with E-state index in [9.17, 15) is 4.79 Å². The van der Waals surface area contributed by atoms with Crippen LogP contribution in [0.25, 0.3) is 16.5 Å². The molecule has 0 saturated carbocycles. The van der Waals surface area contributed by atoms with Crippen molar-refractivity contribution in [2.45, 2.75) is 19.8 Å². The molecule has 0 bridgehead atoms. The average Bonchev–Trinajstić information content (AvgIpc) is 3.24. The first kappa shape index (κ1) is 15.1. The lowest BCUT2D eigenvalue weighted by molar-refractivity contribution is 0.218. The molecule has 1 fully saturated rings. The first-order valence-corrected chi connectivity index (χ1v) is 9.05. The molecule has 2 aromatic carbocycles. The Morgan fingerprint density at radius 1 is 1.08 bits per heavy atom. The Labute approximate surface area is 144 Å². The van der Waals surface area contributed by atoms with Gasteiger partial charge in [0.1, 0.15) is 0 Å². The number of urea groups is 1. The average molecular weight is 337 g/mol. The lowest BCUT2D eigenvalue weighted by Crippen LogP contribution is -2.27. The zero-order valence-electron chi connectivity index (χ0n) is 13.6. The summed E-state index contributed by atoms with van der Waals surface area (Å²) in [5.74, 6) is 0. The lowest BCUT2D eigenvalue weighted by atomic mass is 10.1. The number of amides is 2. The van der Waals surface area contributed by atoms with Crippen molar-refractivity contribution in [3.8, 4) is 5.69 Å². The molecule has 24 heavy (non-hydrogen) atoms. The minimum atomic E-state index is -0.122. The van der Waals surface area contributed by atoms with Crippen molar-refractivity contribution in [3.63, 3.8) is 0 Å². The topological polar surface area (TPSA) is 37.6 Å². The number of rotatable bonds is 1. The van der Waals surface area contributed by atoms with Gasteiger partial charge < -0.3 is 4.90 Å². The maximum atomic E-state index is 12.4. The summed E-state index contributed by atoms with van der Waals surface area (Å²) in [7, 11) is 0. The molecule has 3 aromatic rings. The Morgan fingerprint density at radius 2 is 1.83 bits per heavy atom. The maximum Gasteiger partial charge on any atom is 0.346 e. The molecule has 4 nitrogen and oxygen atoms in total. The highest BCUT2D eigenvalue weighted by molar-refractivity contribution is 7.09. The van der Waals surface area contributed by atoms with Crippen LogP contribution in [0.2, 0.25) is 0 Å². The van der Waals surface area contributed by atoms with E-state index in [1.165, 1.54) is 5.39 Å². The Kier molecular flexibility index (Phi) is 3.94. The molecule has 1 aliphatic rings. The lowest BCUT2D eigenvalue weighted by Gasteiger charge is -2.11. The van der Waals surface area contributed by atoms with Crippen LogP contribution in [0.4, 0.5) is 4.79 Å². The van der Waals surface area contributed by atoms with Gasteiger partial charge in [0.25, 0.3) is 0 Å². The predicted molar refractivity (Wildman–Crippen MR) is 97.7 cm³/mol. The van der Waals surface area contributed by atoms with E-state index in [-0.39, 0.29) is 6.03 Å². The highest BCUT2D eigenvalue weighted by atomic mass is 32.1. The minimum absolute atomic E-state index is 0.122. The van der Waals surface area contributed by atoms with Crippen molar-refractivity contribution < 1.29 is 4.79 Å². The van der Waals surface area contributed by atoms with Crippen molar-refractivity contribution in [2.75, 3.05) is 13.1 Å². The smallest absolute Gasteiger partial charge is 0.323 e. The van der Waals surface area contributed by atoms with Crippen molar-refractivity contribution >= 4 is 28.1 Å². The molecule has 0 radical (unpaired) electrons. The predicted octanol–water partition coefficient (Wildman–Crippen LogP) is 4.12. The molecule has 5 heteroatoms. The summed E-state index contributed by atoms with van der Waals surface area (Å²) in [6.07, 6.45) is 4.21.